The second-order valence-electron chi connectivity index (χ2n) is 4.30. The topological polar surface area (TPSA) is 67.2 Å². The Bertz CT molecular complexity index is 611. The Labute approximate surface area is 126 Å². The van der Waals surface area contributed by atoms with Crippen LogP contribution in [0.5, 0.6) is 0 Å². The third-order valence-corrected chi connectivity index (χ3v) is 3.28. The van der Waals surface area contributed by atoms with Crippen LogP contribution < -0.4 is 16.4 Å². The molecular weight excluding hydrogens is 318 g/mol. The van der Waals surface area contributed by atoms with Gasteiger partial charge in [0.05, 0.1) is 11.3 Å². The zero-order valence-corrected chi connectivity index (χ0v) is 12.7. The smallest absolute Gasteiger partial charge is 0.253 e. The van der Waals surface area contributed by atoms with Gasteiger partial charge in [0.15, 0.2) is 0 Å². The summed E-state index contributed by atoms with van der Waals surface area (Å²) in [6, 6.07) is 12.9. The van der Waals surface area contributed by atoms with Crippen molar-refractivity contribution in [3.8, 4) is 0 Å². The van der Waals surface area contributed by atoms with Gasteiger partial charge >= 0.3 is 0 Å². The quantitative estimate of drug-likeness (QED) is 0.750. The molecule has 20 heavy (non-hydrogen) atoms. The second kappa shape index (κ2) is 6.43. The SMILES string of the molecule is CCNC(=O)c1ccc(N)cc1Nc1ccc(Br)cc1. The molecule has 0 bridgehead atoms. The van der Waals surface area contributed by atoms with Gasteiger partial charge in [0.25, 0.3) is 5.91 Å². The molecule has 0 heterocycles. The minimum atomic E-state index is -0.118. The standard InChI is InChI=1S/C15H16BrN3O/c1-2-18-15(20)13-8-5-11(17)9-14(13)19-12-6-3-10(16)4-7-12/h3-9,19H,2,17H2,1H3,(H,18,20). The highest BCUT2D eigenvalue weighted by Crippen LogP contribution is 2.24. The molecule has 104 valence electrons. The Morgan fingerprint density at radius 3 is 2.55 bits per heavy atom. The highest BCUT2D eigenvalue weighted by Gasteiger charge is 2.11. The van der Waals surface area contributed by atoms with Gasteiger partial charge in [0.2, 0.25) is 0 Å². The minimum absolute atomic E-state index is 0.118. The zero-order valence-electron chi connectivity index (χ0n) is 11.1. The monoisotopic (exact) mass is 333 g/mol. The van der Waals surface area contributed by atoms with E-state index in [1.807, 2.05) is 31.2 Å². The molecule has 2 aromatic rings. The molecule has 0 atom stereocenters. The average Bonchev–Trinajstić information content (AvgIpc) is 2.42. The summed E-state index contributed by atoms with van der Waals surface area (Å²) in [6.07, 6.45) is 0. The molecule has 0 aromatic heterocycles. The van der Waals surface area contributed by atoms with Crippen molar-refractivity contribution in [2.24, 2.45) is 0 Å². The number of benzene rings is 2. The van der Waals surface area contributed by atoms with Crippen molar-refractivity contribution in [2.45, 2.75) is 6.92 Å². The van der Waals surface area contributed by atoms with E-state index in [9.17, 15) is 4.79 Å². The molecule has 0 saturated carbocycles. The molecule has 0 saturated heterocycles. The van der Waals surface area contributed by atoms with Crippen LogP contribution in [-0.2, 0) is 0 Å². The van der Waals surface area contributed by atoms with Gasteiger partial charge in [-0.05, 0) is 49.4 Å². The molecule has 0 fully saturated rings. The summed E-state index contributed by atoms with van der Waals surface area (Å²) < 4.78 is 1.000. The van der Waals surface area contributed by atoms with Crippen molar-refractivity contribution in [3.63, 3.8) is 0 Å². The first kappa shape index (κ1) is 14.4. The van der Waals surface area contributed by atoms with Crippen molar-refractivity contribution < 1.29 is 4.79 Å². The molecule has 4 nitrogen and oxygen atoms in total. The van der Waals surface area contributed by atoms with Crippen molar-refractivity contribution in [3.05, 3.63) is 52.5 Å². The lowest BCUT2D eigenvalue weighted by Gasteiger charge is -2.13. The maximum absolute atomic E-state index is 12.0. The zero-order chi connectivity index (χ0) is 14.5. The first-order chi connectivity index (χ1) is 9.60. The molecule has 4 N–H and O–H groups in total. The van der Waals surface area contributed by atoms with Crippen molar-refractivity contribution in [2.75, 3.05) is 17.6 Å². The van der Waals surface area contributed by atoms with Gasteiger partial charge in [-0.3, -0.25) is 4.79 Å². The van der Waals surface area contributed by atoms with Crippen molar-refractivity contribution >= 4 is 38.9 Å². The van der Waals surface area contributed by atoms with Gasteiger partial charge in [-0.1, -0.05) is 15.9 Å². The highest BCUT2D eigenvalue weighted by molar-refractivity contribution is 9.10. The minimum Gasteiger partial charge on any atom is -0.399 e. The Hall–Kier alpha value is -2.01. The van der Waals surface area contributed by atoms with Gasteiger partial charge in [-0.15, -0.1) is 0 Å². The maximum Gasteiger partial charge on any atom is 0.253 e. The Kier molecular flexibility index (Phi) is 4.63. The van der Waals surface area contributed by atoms with E-state index in [0.717, 1.165) is 10.2 Å². The van der Waals surface area contributed by atoms with Gasteiger partial charge in [0, 0.05) is 22.4 Å². The summed E-state index contributed by atoms with van der Waals surface area (Å²) in [6.45, 7) is 2.47. The summed E-state index contributed by atoms with van der Waals surface area (Å²) >= 11 is 3.39. The molecule has 2 rings (SSSR count). The third-order valence-electron chi connectivity index (χ3n) is 2.75. The largest absolute Gasteiger partial charge is 0.399 e. The van der Waals surface area contributed by atoms with Crippen molar-refractivity contribution in [1.82, 2.24) is 5.32 Å². The molecule has 0 spiro atoms. The molecule has 1 amide bonds. The number of hydrogen-bond donors (Lipinski definition) is 3. The van der Waals surface area contributed by atoms with E-state index in [-0.39, 0.29) is 5.91 Å². The fourth-order valence-electron chi connectivity index (χ4n) is 1.81. The van der Waals surface area contributed by atoms with E-state index in [2.05, 4.69) is 26.6 Å². The number of carbonyl (C=O) groups excluding carboxylic acids is 1. The predicted octanol–water partition coefficient (Wildman–Crippen LogP) is 3.52. The highest BCUT2D eigenvalue weighted by atomic mass is 79.9. The number of halogens is 1. The number of rotatable bonds is 4. The molecule has 0 unspecified atom stereocenters. The number of hydrogen-bond acceptors (Lipinski definition) is 3. The molecule has 0 aliphatic carbocycles. The maximum atomic E-state index is 12.0. The van der Waals surface area contributed by atoms with E-state index in [1.165, 1.54) is 0 Å². The molecular formula is C15H16BrN3O. The van der Waals surface area contributed by atoms with Gasteiger partial charge in [-0.25, -0.2) is 0 Å². The third kappa shape index (κ3) is 3.51. The Morgan fingerprint density at radius 1 is 1.20 bits per heavy atom. The van der Waals surface area contributed by atoms with Crippen LogP contribution in [0.25, 0.3) is 0 Å². The van der Waals surface area contributed by atoms with E-state index in [4.69, 9.17) is 5.73 Å². The van der Waals surface area contributed by atoms with Gasteiger partial charge in [-0.2, -0.15) is 0 Å². The number of amides is 1. The summed E-state index contributed by atoms with van der Waals surface area (Å²) in [5.41, 5.74) is 8.57. The van der Waals surface area contributed by atoms with Crippen LogP contribution in [-0.4, -0.2) is 12.5 Å². The summed E-state index contributed by atoms with van der Waals surface area (Å²) in [5.74, 6) is -0.118. The van der Waals surface area contributed by atoms with Crippen LogP contribution in [0.15, 0.2) is 46.9 Å². The first-order valence-electron chi connectivity index (χ1n) is 6.30. The molecule has 0 aliphatic heterocycles. The van der Waals surface area contributed by atoms with E-state index in [1.54, 1.807) is 18.2 Å². The summed E-state index contributed by atoms with van der Waals surface area (Å²) in [5, 5.41) is 6.01. The lowest BCUT2D eigenvalue weighted by Crippen LogP contribution is -2.23. The predicted molar refractivity (Wildman–Crippen MR) is 86.3 cm³/mol. The number of carbonyl (C=O) groups is 1. The van der Waals surface area contributed by atoms with Gasteiger partial charge in [0.1, 0.15) is 0 Å². The lowest BCUT2D eigenvalue weighted by molar-refractivity contribution is 0.0956. The molecule has 0 radical (unpaired) electrons. The normalized spacial score (nSPS) is 10.1. The summed E-state index contributed by atoms with van der Waals surface area (Å²) in [4.78, 5) is 12.0. The van der Waals surface area contributed by atoms with E-state index in [0.29, 0.717) is 23.5 Å². The first-order valence-corrected chi connectivity index (χ1v) is 7.09. The molecule has 0 aliphatic rings. The Morgan fingerprint density at radius 2 is 1.90 bits per heavy atom. The number of nitrogen functional groups attached to an aromatic ring is 1. The fraction of sp³-hybridized carbons (Fsp3) is 0.133. The second-order valence-corrected chi connectivity index (χ2v) is 5.21. The van der Waals surface area contributed by atoms with Crippen LogP contribution in [0.1, 0.15) is 17.3 Å². The number of anilines is 3. The molecule has 5 heteroatoms. The van der Waals surface area contributed by atoms with Gasteiger partial charge < -0.3 is 16.4 Å². The van der Waals surface area contributed by atoms with Crippen LogP contribution >= 0.6 is 15.9 Å². The fourth-order valence-corrected chi connectivity index (χ4v) is 2.07. The number of nitrogens with one attached hydrogen (secondary N) is 2. The van der Waals surface area contributed by atoms with Crippen LogP contribution in [0.3, 0.4) is 0 Å². The lowest BCUT2D eigenvalue weighted by atomic mass is 10.1. The average molecular weight is 334 g/mol. The Balaban J connectivity index is 2.31. The van der Waals surface area contributed by atoms with Crippen molar-refractivity contribution in [1.29, 1.82) is 0 Å². The van der Waals surface area contributed by atoms with Crippen LogP contribution in [0, 0.1) is 0 Å². The van der Waals surface area contributed by atoms with E-state index < -0.39 is 0 Å². The van der Waals surface area contributed by atoms with Crippen LogP contribution in [0.2, 0.25) is 0 Å². The number of nitrogens with two attached hydrogens (primary N) is 1. The van der Waals surface area contributed by atoms with Crippen LogP contribution in [0.4, 0.5) is 17.1 Å². The summed E-state index contributed by atoms with van der Waals surface area (Å²) in [7, 11) is 0. The van der Waals surface area contributed by atoms with E-state index >= 15 is 0 Å². The molecule has 2 aromatic carbocycles.